The van der Waals surface area contributed by atoms with Gasteiger partial charge in [0, 0.05) is 11.6 Å². The van der Waals surface area contributed by atoms with Gasteiger partial charge in [0.1, 0.15) is 29.9 Å². The molecule has 15 heavy (non-hydrogen) atoms. The van der Waals surface area contributed by atoms with E-state index in [2.05, 4.69) is 0 Å². The Morgan fingerprint density at radius 3 is 2.33 bits per heavy atom. The number of thioether (sulfide) groups is 1. The third-order valence-electron chi connectivity index (χ3n) is 2.21. The summed E-state index contributed by atoms with van der Waals surface area (Å²) in [6, 6.07) is 0. The second-order valence-electron chi connectivity index (χ2n) is 3.26. The number of rotatable bonds is 4. The fourth-order valence-corrected chi connectivity index (χ4v) is 2.53. The lowest BCUT2D eigenvalue weighted by Crippen LogP contribution is -2.57. The lowest BCUT2D eigenvalue weighted by molar-refractivity contribution is -0.205. The van der Waals surface area contributed by atoms with Crippen molar-refractivity contribution in [2.45, 2.75) is 29.9 Å². The molecule has 90 valence electrons. The lowest BCUT2D eigenvalue weighted by atomic mass is 10.0. The number of aliphatic hydroxyl groups excluding tert-OH is 4. The molecule has 0 bridgehead atoms. The van der Waals surface area contributed by atoms with Crippen LogP contribution in [0.2, 0.25) is 0 Å². The molecule has 0 saturated carbocycles. The maximum atomic E-state index is 9.57. The summed E-state index contributed by atoms with van der Waals surface area (Å²) >= 11 is 6.73. The van der Waals surface area contributed by atoms with E-state index in [9.17, 15) is 15.3 Å². The molecular weight excluding hydrogens is 244 g/mol. The molecule has 0 amide bonds. The number of hydrogen-bond donors (Lipinski definition) is 4. The highest BCUT2D eigenvalue weighted by atomic mass is 35.5. The first-order valence-electron chi connectivity index (χ1n) is 4.60. The zero-order valence-electron chi connectivity index (χ0n) is 7.99. The zero-order chi connectivity index (χ0) is 11.4. The fourth-order valence-electron chi connectivity index (χ4n) is 1.37. The Labute approximate surface area is 97.0 Å². The minimum atomic E-state index is -1.30. The van der Waals surface area contributed by atoms with Gasteiger partial charge in [-0.25, -0.2) is 0 Å². The van der Waals surface area contributed by atoms with Gasteiger partial charge in [-0.2, -0.15) is 0 Å². The summed E-state index contributed by atoms with van der Waals surface area (Å²) in [6.45, 7) is -0.400. The molecule has 1 aliphatic rings. The molecule has 4 N–H and O–H groups in total. The van der Waals surface area contributed by atoms with Crippen LogP contribution in [0.15, 0.2) is 0 Å². The predicted octanol–water partition coefficient (Wildman–Crippen LogP) is -1.24. The van der Waals surface area contributed by atoms with Crippen molar-refractivity contribution in [2.75, 3.05) is 18.2 Å². The van der Waals surface area contributed by atoms with E-state index >= 15 is 0 Å². The summed E-state index contributed by atoms with van der Waals surface area (Å²) < 4.78 is 5.23. The molecule has 0 aromatic heterocycles. The van der Waals surface area contributed by atoms with E-state index in [1.165, 1.54) is 11.8 Å². The quantitative estimate of drug-likeness (QED) is 0.472. The number of ether oxygens (including phenoxy) is 1. The molecule has 0 aliphatic carbocycles. The minimum Gasteiger partial charge on any atom is -0.394 e. The van der Waals surface area contributed by atoms with Crippen molar-refractivity contribution >= 4 is 23.4 Å². The topological polar surface area (TPSA) is 90.2 Å². The summed E-state index contributed by atoms with van der Waals surface area (Å²) in [4.78, 5) is 0. The average Bonchev–Trinajstić information content (AvgIpc) is 2.25. The van der Waals surface area contributed by atoms with E-state index in [1.807, 2.05) is 0 Å². The van der Waals surface area contributed by atoms with Crippen molar-refractivity contribution in [3.8, 4) is 0 Å². The minimum absolute atomic E-state index is 0.400. The Morgan fingerprint density at radius 2 is 1.80 bits per heavy atom. The molecule has 1 saturated heterocycles. The van der Waals surface area contributed by atoms with Gasteiger partial charge in [0.25, 0.3) is 0 Å². The Hall–Kier alpha value is 0.440. The van der Waals surface area contributed by atoms with Crippen molar-refractivity contribution in [1.29, 1.82) is 0 Å². The summed E-state index contributed by atoms with van der Waals surface area (Å²) in [7, 11) is 0. The molecule has 5 nitrogen and oxygen atoms in total. The highest BCUT2D eigenvalue weighted by Gasteiger charge is 2.43. The van der Waals surface area contributed by atoms with Gasteiger partial charge in [-0.1, -0.05) is 0 Å². The molecule has 1 heterocycles. The van der Waals surface area contributed by atoms with Gasteiger partial charge >= 0.3 is 0 Å². The number of alkyl halides is 1. The third kappa shape index (κ3) is 3.20. The first-order valence-corrected chi connectivity index (χ1v) is 6.18. The molecule has 1 aliphatic heterocycles. The van der Waals surface area contributed by atoms with Crippen LogP contribution in [0.25, 0.3) is 0 Å². The van der Waals surface area contributed by atoms with E-state index in [0.717, 1.165) is 0 Å². The average molecular weight is 259 g/mol. The van der Waals surface area contributed by atoms with Crippen LogP contribution in [0.4, 0.5) is 0 Å². The van der Waals surface area contributed by atoms with Gasteiger partial charge in [-0.05, 0) is 0 Å². The highest BCUT2D eigenvalue weighted by molar-refractivity contribution is 7.99. The van der Waals surface area contributed by atoms with E-state index < -0.39 is 36.5 Å². The molecule has 0 spiro atoms. The Balaban J connectivity index is 2.57. The largest absolute Gasteiger partial charge is 0.394 e. The Morgan fingerprint density at radius 1 is 1.13 bits per heavy atom. The number of hydrogen-bond acceptors (Lipinski definition) is 6. The van der Waals surface area contributed by atoms with Crippen LogP contribution in [-0.2, 0) is 4.74 Å². The van der Waals surface area contributed by atoms with E-state index in [1.54, 1.807) is 0 Å². The van der Waals surface area contributed by atoms with Crippen molar-refractivity contribution in [3.05, 3.63) is 0 Å². The lowest BCUT2D eigenvalue weighted by Gasteiger charge is -2.39. The van der Waals surface area contributed by atoms with E-state index in [-0.39, 0.29) is 0 Å². The zero-order valence-corrected chi connectivity index (χ0v) is 9.56. The van der Waals surface area contributed by atoms with Gasteiger partial charge in [-0.3, -0.25) is 0 Å². The second-order valence-corrected chi connectivity index (χ2v) is 4.84. The van der Waals surface area contributed by atoms with Crippen molar-refractivity contribution < 1.29 is 25.2 Å². The summed E-state index contributed by atoms with van der Waals surface area (Å²) in [5.41, 5.74) is -0.667. The molecular formula is C8H15ClO5S. The van der Waals surface area contributed by atoms with Crippen molar-refractivity contribution in [3.63, 3.8) is 0 Å². The van der Waals surface area contributed by atoms with Gasteiger partial charge in [0.05, 0.1) is 6.61 Å². The van der Waals surface area contributed by atoms with Crippen LogP contribution in [0, 0.1) is 0 Å². The number of aliphatic hydroxyl groups is 4. The van der Waals surface area contributed by atoms with Gasteiger partial charge in [0.2, 0.25) is 0 Å². The third-order valence-corrected chi connectivity index (χ3v) is 3.78. The standard InChI is InChI=1S/C8H15ClO5S/c9-1-2-15-8-7(13)6(12)5(11)4(3-10)14-8/h4-8,10-13H,1-3H2/t4-,5+,6+,7-,8+/m1/s1. The van der Waals surface area contributed by atoms with Crippen LogP contribution in [0.1, 0.15) is 0 Å². The first-order chi connectivity index (χ1) is 7.11. The second kappa shape index (κ2) is 6.24. The Bertz CT molecular complexity index is 194. The van der Waals surface area contributed by atoms with Gasteiger partial charge < -0.3 is 25.2 Å². The smallest absolute Gasteiger partial charge is 0.132 e. The molecule has 0 aromatic rings. The van der Waals surface area contributed by atoms with Crippen molar-refractivity contribution in [1.82, 2.24) is 0 Å². The Kier molecular flexibility index (Phi) is 5.62. The summed E-state index contributed by atoms with van der Waals surface area (Å²) in [6.07, 6.45) is -4.60. The monoisotopic (exact) mass is 258 g/mol. The normalized spacial score (nSPS) is 41.8. The van der Waals surface area contributed by atoms with Crippen molar-refractivity contribution in [2.24, 2.45) is 0 Å². The highest BCUT2D eigenvalue weighted by Crippen LogP contribution is 2.28. The maximum Gasteiger partial charge on any atom is 0.132 e. The van der Waals surface area contributed by atoms with Gasteiger partial charge in [-0.15, -0.1) is 23.4 Å². The molecule has 0 aromatic carbocycles. The van der Waals surface area contributed by atoms with Gasteiger partial charge in [0.15, 0.2) is 0 Å². The van der Waals surface area contributed by atoms with Crippen LogP contribution >= 0.6 is 23.4 Å². The predicted molar refractivity (Wildman–Crippen MR) is 56.9 cm³/mol. The summed E-state index contributed by atoms with van der Waals surface area (Å²) in [5.74, 6) is 0.962. The molecule has 1 rings (SSSR count). The van der Waals surface area contributed by atoms with Crippen LogP contribution in [0.3, 0.4) is 0 Å². The summed E-state index contributed by atoms with van der Waals surface area (Å²) in [5, 5.41) is 37.4. The molecule has 7 heteroatoms. The van der Waals surface area contributed by atoms with Crippen LogP contribution in [-0.4, -0.2) is 68.5 Å². The van der Waals surface area contributed by atoms with E-state index in [0.29, 0.717) is 11.6 Å². The molecule has 0 unspecified atom stereocenters. The molecule has 1 fully saturated rings. The maximum absolute atomic E-state index is 9.57. The fraction of sp³-hybridized carbons (Fsp3) is 1.00. The molecule has 5 atom stereocenters. The molecule has 0 radical (unpaired) electrons. The SMILES string of the molecule is OC[C@H]1O[C@@H](SCCCl)[C@H](O)[C@@H](O)[C@H]1O. The first kappa shape index (κ1) is 13.5. The van der Waals surface area contributed by atoms with Crippen LogP contribution < -0.4 is 0 Å². The van der Waals surface area contributed by atoms with Crippen LogP contribution in [0.5, 0.6) is 0 Å². The van der Waals surface area contributed by atoms with E-state index in [4.69, 9.17) is 21.4 Å². The number of halogens is 1.